The van der Waals surface area contributed by atoms with Crippen molar-refractivity contribution in [2.75, 3.05) is 26.0 Å². The number of carbonyl (C=O) groups excluding carboxylic acids is 1. The maximum Gasteiger partial charge on any atom is 0.420 e. The second-order valence-electron chi connectivity index (χ2n) is 7.29. The van der Waals surface area contributed by atoms with Crippen LogP contribution in [0.15, 0.2) is 12.2 Å². The molecule has 5 nitrogen and oxygen atoms in total. The monoisotopic (exact) mass is 417 g/mol. The zero-order valence-electron chi connectivity index (χ0n) is 18.6. The van der Waals surface area contributed by atoms with Gasteiger partial charge >= 0.3 is 13.3 Å². The Balaban J connectivity index is 5.06. The Hall–Kier alpha value is -0.610. The van der Waals surface area contributed by atoms with Gasteiger partial charge < -0.3 is 14.2 Å². The van der Waals surface area contributed by atoms with Gasteiger partial charge in [-0.1, -0.05) is 70.4 Å². The molecule has 0 radical (unpaired) electrons. The molecular weight excluding hydrogens is 375 g/mol. The number of carbonyl (C=O) groups is 1. The molecule has 0 fully saturated rings. The highest BCUT2D eigenvalue weighted by atomic mass is 31.1. The molecule has 0 spiro atoms. The molecule has 0 saturated heterocycles. The quantitative estimate of drug-likeness (QED) is 0.0969. The van der Waals surface area contributed by atoms with Gasteiger partial charge in [-0.15, -0.1) is 0 Å². The van der Waals surface area contributed by atoms with Crippen molar-refractivity contribution in [2.45, 2.75) is 97.9 Å². The molecule has 0 aliphatic rings. The molecule has 0 aliphatic carbocycles. The van der Waals surface area contributed by atoms with Gasteiger partial charge in [-0.2, -0.15) is 0 Å². The van der Waals surface area contributed by atoms with Gasteiger partial charge in [0, 0.05) is 5.57 Å². The Morgan fingerprint density at radius 1 is 0.821 bits per heavy atom. The summed E-state index contributed by atoms with van der Waals surface area (Å²) in [7, 11) is -2.04. The van der Waals surface area contributed by atoms with Gasteiger partial charge in [0.2, 0.25) is 0 Å². The minimum atomic E-state index is -2.04. The fourth-order valence-electron chi connectivity index (χ4n) is 2.63. The lowest BCUT2D eigenvalue weighted by Gasteiger charge is -2.32. The average Bonchev–Trinajstić information content (AvgIpc) is 2.69. The molecule has 0 aromatic rings. The number of unbranched alkanes of at least 4 members (excludes halogenated alkanes) is 6. The Kier molecular flexibility index (Phi) is 16.9. The number of rotatable bonds is 20. The second kappa shape index (κ2) is 17.3. The maximum absolute atomic E-state index is 12.3. The molecule has 0 rings (SSSR count). The standard InChI is InChI=1S/C22H42O5P/c1-6-9-12-16-25-22(26-17-13-10-7-2,27-18-14-11-8-3)15-19-28(24)21(23)20(4)5/h4,6-19H2,1-3,5H3/q+1. The predicted octanol–water partition coefficient (Wildman–Crippen LogP) is 6.58. The van der Waals surface area contributed by atoms with Crippen LogP contribution < -0.4 is 0 Å². The normalized spacial score (nSPS) is 12.2. The van der Waals surface area contributed by atoms with E-state index >= 15 is 0 Å². The van der Waals surface area contributed by atoms with Crippen LogP contribution in [0.4, 0.5) is 0 Å². The average molecular weight is 418 g/mol. The lowest BCUT2D eigenvalue weighted by molar-refractivity contribution is -0.381. The van der Waals surface area contributed by atoms with Crippen LogP contribution in [0.1, 0.15) is 91.9 Å². The SMILES string of the molecule is C=C(C)C(=O)[P+](=O)CCC(OCCCCC)(OCCCCC)OCCCCC. The number of hydrogen-bond donors (Lipinski definition) is 0. The van der Waals surface area contributed by atoms with Crippen molar-refractivity contribution in [1.29, 1.82) is 0 Å². The molecule has 0 bridgehead atoms. The topological polar surface area (TPSA) is 61.8 Å². The minimum absolute atomic E-state index is 0.177. The zero-order valence-corrected chi connectivity index (χ0v) is 19.5. The van der Waals surface area contributed by atoms with Crippen LogP contribution in [0.3, 0.4) is 0 Å². The third kappa shape index (κ3) is 12.8. The predicted molar refractivity (Wildman–Crippen MR) is 116 cm³/mol. The van der Waals surface area contributed by atoms with Crippen molar-refractivity contribution in [3.63, 3.8) is 0 Å². The zero-order chi connectivity index (χ0) is 21.3. The summed E-state index contributed by atoms with van der Waals surface area (Å²) in [6.45, 7) is 13.2. The molecule has 1 unspecified atom stereocenters. The fraction of sp³-hybridized carbons (Fsp3) is 0.864. The van der Waals surface area contributed by atoms with Gasteiger partial charge in [0.05, 0.1) is 26.2 Å². The van der Waals surface area contributed by atoms with Crippen molar-refractivity contribution in [2.24, 2.45) is 0 Å². The van der Waals surface area contributed by atoms with Gasteiger partial charge in [0.25, 0.3) is 5.97 Å². The first-order chi connectivity index (χ1) is 13.4. The highest BCUT2D eigenvalue weighted by Crippen LogP contribution is 2.32. The molecule has 0 heterocycles. The Labute approximate surface area is 173 Å². The van der Waals surface area contributed by atoms with Gasteiger partial charge in [0.15, 0.2) is 6.16 Å². The largest absolute Gasteiger partial charge is 0.420 e. The molecule has 0 amide bonds. The first-order valence-electron chi connectivity index (χ1n) is 11.0. The molecule has 6 heteroatoms. The van der Waals surface area contributed by atoms with E-state index in [-0.39, 0.29) is 18.1 Å². The Bertz CT molecular complexity index is 419. The first kappa shape index (κ1) is 27.4. The number of allylic oxidation sites excluding steroid dienone is 1. The summed E-state index contributed by atoms with van der Waals surface area (Å²) in [4.78, 5) is 12.0. The highest BCUT2D eigenvalue weighted by molar-refractivity contribution is 7.64. The van der Waals surface area contributed by atoms with E-state index in [1.807, 2.05) is 0 Å². The van der Waals surface area contributed by atoms with Crippen LogP contribution in [0, 0.1) is 0 Å². The second-order valence-corrected chi connectivity index (χ2v) is 8.90. The van der Waals surface area contributed by atoms with Crippen molar-refractivity contribution in [1.82, 2.24) is 0 Å². The van der Waals surface area contributed by atoms with Gasteiger partial charge in [-0.05, 0) is 26.2 Å². The number of ether oxygens (including phenoxy) is 3. The molecule has 0 aliphatic heterocycles. The summed E-state index contributed by atoms with van der Waals surface area (Å²) in [6.07, 6.45) is 9.75. The molecular formula is C22H42O5P+. The summed E-state index contributed by atoms with van der Waals surface area (Å²) in [6, 6.07) is 0. The van der Waals surface area contributed by atoms with E-state index in [4.69, 9.17) is 14.2 Å². The van der Waals surface area contributed by atoms with Crippen molar-refractivity contribution in [3.05, 3.63) is 12.2 Å². The van der Waals surface area contributed by atoms with Crippen molar-refractivity contribution < 1.29 is 23.6 Å². The van der Waals surface area contributed by atoms with Gasteiger partial charge in [-0.25, -0.2) is 4.79 Å². The third-order valence-corrected chi connectivity index (χ3v) is 5.89. The summed E-state index contributed by atoms with van der Waals surface area (Å²) < 4.78 is 30.6. The van der Waals surface area contributed by atoms with E-state index in [1.165, 1.54) is 0 Å². The van der Waals surface area contributed by atoms with E-state index in [0.717, 1.165) is 57.8 Å². The number of hydrogen-bond acceptors (Lipinski definition) is 5. The summed E-state index contributed by atoms with van der Waals surface area (Å²) in [5.41, 5.74) is -0.0600. The summed E-state index contributed by atoms with van der Waals surface area (Å²) in [5.74, 6) is -1.21. The van der Waals surface area contributed by atoms with Crippen molar-refractivity contribution >= 4 is 13.3 Å². The van der Waals surface area contributed by atoms with Crippen LogP contribution in [0.2, 0.25) is 0 Å². The molecule has 28 heavy (non-hydrogen) atoms. The molecule has 1 atom stereocenters. The smallest absolute Gasteiger partial charge is 0.327 e. The van der Waals surface area contributed by atoms with E-state index in [9.17, 15) is 9.36 Å². The Morgan fingerprint density at radius 2 is 1.21 bits per heavy atom. The van der Waals surface area contributed by atoms with Gasteiger partial charge in [0.1, 0.15) is 0 Å². The Morgan fingerprint density at radius 3 is 1.54 bits per heavy atom. The lowest BCUT2D eigenvalue weighted by atomic mass is 10.2. The van der Waals surface area contributed by atoms with Crippen LogP contribution in [0.5, 0.6) is 0 Å². The van der Waals surface area contributed by atoms with E-state index in [0.29, 0.717) is 25.4 Å². The van der Waals surface area contributed by atoms with Crippen LogP contribution in [-0.2, 0) is 23.6 Å². The van der Waals surface area contributed by atoms with Gasteiger partial charge in [-0.3, -0.25) is 0 Å². The molecule has 164 valence electrons. The van der Waals surface area contributed by atoms with E-state index in [1.54, 1.807) is 6.92 Å². The van der Waals surface area contributed by atoms with Crippen molar-refractivity contribution in [3.8, 4) is 0 Å². The lowest BCUT2D eigenvalue weighted by Crippen LogP contribution is -2.41. The molecule has 0 N–H and O–H groups in total. The first-order valence-corrected chi connectivity index (χ1v) is 12.4. The summed E-state index contributed by atoms with van der Waals surface area (Å²) >= 11 is 0. The fourth-order valence-corrected chi connectivity index (χ4v) is 3.74. The van der Waals surface area contributed by atoms with E-state index < -0.39 is 13.8 Å². The maximum atomic E-state index is 12.3. The van der Waals surface area contributed by atoms with Crippen LogP contribution in [-0.4, -0.2) is 37.5 Å². The third-order valence-electron chi connectivity index (χ3n) is 4.42. The minimum Gasteiger partial charge on any atom is -0.327 e. The van der Waals surface area contributed by atoms with E-state index in [2.05, 4.69) is 27.4 Å². The van der Waals surface area contributed by atoms with Crippen LogP contribution >= 0.6 is 7.80 Å². The summed E-state index contributed by atoms with van der Waals surface area (Å²) in [5, 5.41) is 0. The molecule has 0 aromatic heterocycles. The molecule has 0 aromatic carbocycles. The van der Waals surface area contributed by atoms with Crippen LogP contribution in [0.25, 0.3) is 0 Å². The highest BCUT2D eigenvalue weighted by Gasteiger charge is 2.39. The molecule has 0 saturated carbocycles.